The third-order valence-corrected chi connectivity index (χ3v) is 5.81. The fourth-order valence-corrected chi connectivity index (χ4v) is 4.31. The van der Waals surface area contributed by atoms with Crippen LogP contribution in [0.4, 0.5) is 10.2 Å². The smallest absolute Gasteiger partial charge is 0.266 e. The molecule has 7 nitrogen and oxygen atoms in total. The molecular weight excluding hydrogens is 454 g/mol. The van der Waals surface area contributed by atoms with Crippen LogP contribution in [0.25, 0.3) is 27.6 Å². The summed E-state index contributed by atoms with van der Waals surface area (Å²) in [5.41, 5.74) is 1.36. The van der Waals surface area contributed by atoms with Gasteiger partial charge < -0.3 is 10.3 Å². The van der Waals surface area contributed by atoms with Gasteiger partial charge in [-0.1, -0.05) is 41.4 Å². The van der Waals surface area contributed by atoms with Crippen molar-refractivity contribution < 1.29 is 4.39 Å². The summed E-state index contributed by atoms with van der Waals surface area (Å²) < 4.78 is 16.0. The van der Waals surface area contributed by atoms with Crippen molar-refractivity contribution in [3.05, 3.63) is 87.0 Å². The molecule has 1 atom stereocenters. The number of halogens is 3. The molecule has 2 aromatic carbocycles. The van der Waals surface area contributed by atoms with Crippen LogP contribution in [-0.4, -0.2) is 24.5 Å². The van der Waals surface area contributed by atoms with Crippen molar-refractivity contribution in [1.29, 1.82) is 0 Å². The quantitative estimate of drug-likeness (QED) is 0.374. The Balaban J connectivity index is 1.76. The van der Waals surface area contributed by atoms with E-state index in [-0.39, 0.29) is 21.1 Å². The van der Waals surface area contributed by atoms with Crippen LogP contribution >= 0.6 is 23.2 Å². The van der Waals surface area contributed by atoms with Gasteiger partial charge in [-0.3, -0.25) is 9.36 Å². The Morgan fingerprint density at radius 3 is 2.62 bits per heavy atom. The van der Waals surface area contributed by atoms with Gasteiger partial charge in [0.15, 0.2) is 11.5 Å². The summed E-state index contributed by atoms with van der Waals surface area (Å²) in [4.78, 5) is 29.1. The average molecular weight is 469 g/mol. The Morgan fingerprint density at radius 1 is 1.09 bits per heavy atom. The van der Waals surface area contributed by atoms with Gasteiger partial charge in [-0.15, -0.1) is 0 Å². The molecule has 5 aromatic rings. The van der Waals surface area contributed by atoms with Crippen LogP contribution in [0, 0.1) is 5.82 Å². The van der Waals surface area contributed by atoms with Crippen LogP contribution in [0.3, 0.4) is 0 Å². The van der Waals surface area contributed by atoms with Crippen LogP contribution in [0.15, 0.2) is 59.9 Å². The lowest BCUT2D eigenvalue weighted by Gasteiger charge is -2.22. The minimum absolute atomic E-state index is 0.0452. The van der Waals surface area contributed by atoms with E-state index in [2.05, 4.69) is 25.3 Å². The van der Waals surface area contributed by atoms with Crippen molar-refractivity contribution in [2.75, 3.05) is 5.32 Å². The SMILES string of the molecule is C[C@H](Nc1ncnc2[nH]cnc12)c1cc2cccc(F)c2c(=O)n1-c1c(Cl)cccc1Cl. The number of hydrogen-bond donors (Lipinski definition) is 2. The Morgan fingerprint density at radius 2 is 1.84 bits per heavy atom. The number of nitrogens with one attached hydrogen (secondary N) is 2. The largest absolute Gasteiger partial charge is 0.360 e. The van der Waals surface area contributed by atoms with E-state index in [1.54, 1.807) is 36.4 Å². The minimum Gasteiger partial charge on any atom is -0.360 e. The molecule has 0 radical (unpaired) electrons. The molecule has 0 saturated carbocycles. The number of nitrogens with zero attached hydrogens (tertiary/aromatic N) is 4. The third-order valence-electron chi connectivity index (χ3n) is 5.20. The second kappa shape index (κ2) is 7.89. The molecule has 5 rings (SSSR count). The maximum atomic E-state index is 14.6. The summed E-state index contributed by atoms with van der Waals surface area (Å²) in [7, 11) is 0. The standard InChI is InChI=1S/C22H15Cl2FN6O/c1-11(30-21-18-20(27-9-26-18)28-10-29-21)16-8-12-4-2-7-15(25)17(12)22(32)31(16)19-13(23)5-3-6-14(19)24/h2-11H,1H3,(H2,26,27,28,29,30)/t11-/m0/s1. The molecule has 3 heterocycles. The van der Waals surface area contributed by atoms with Gasteiger partial charge >= 0.3 is 0 Å². The third kappa shape index (κ3) is 3.28. The number of fused-ring (bicyclic) bond motifs is 2. The molecule has 0 amide bonds. The molecule has 3 aromatic heterocycles. The molecule has 0 aliphatic rings. The molecule has 10 heteroatoms. The molecule has 0 saturated heterocycles. The maximum Gasteiger partial charge on any atom is 0.266 e. The zero-order valence-electron chi connectivity index (χ0n) is 16.6. The van der Waals surface area contributed by atoms with Crippen molar-refractivity contribution in [1.82, 2.24) is 24.5 Å². The lowest BCUT2D eigenvalue weighted by Crippen LogP contribution is -2.26. The van der Waals surface area contributed by atoms with E-state index in [0.29, 0.717) is 28.1 Å². The zero-order valence-corrected chi connectivity index (χ0v) is 18.1. The highest BCUT2D eigenvalue weighted by atomic mass is 35.5. The van der Waals surface area contributed by atoms with Crippen LogP contribution in [-0.2, 0) is 0 Å². The molecule has 160 valence electrons. The molecule has 0 bridgehead atoms. The lowest BCUT2D eigenvalue weighted by atomic mass is 10.1. The first-order chi connectivity index (χ1) is 15.5. The van der Waals surface area contributed by atoms with Gasteiger partial charge in [-0.25, -0.2) is 19.3 Å². The molecule has 0 aliphatic carbocycles. The number of imidazole rings is 1. The number of pyridine rings is 1. The van der Waals surface area contributed by atoms with E-state index in [0.717, 1.165) is 0 Å². The second-order valence-corrected chi connectivity index (χ2v) is 7.99. The molecule has 0 fully saturated rings. The highest BCUT2D eigenvalue weighted by Crippen LogP contribution is 2.32. The van der Waals surface area contributed by atoms with Gasteiger partial charge in [-0.2, -0.15) is 0 Å². The lowest BCUT2D eigenvalue weighted by molar-refractivity contribution is 0.637. The number of hydrogen-bond acceptors (Lipinski definition) is 5. The van der Waals surface area contributed by atoms with E-state index in [1.165, 1.54) is 23.3 Å². The van der Waals surface area contributed by atoms with Gasteiger partial charge in [0, 0.05) is 5.69 Å². The normalized spacial score (nSPS) is 12.4. The highest BCUT2D eigenvalue weighted by Gasteiger charge is 2.22. The second-order valence-electron chi connectivity index (χ2n) is 7.17. The van der Waals surface area contributed by atoms with Gasteiger partial charge in [0.1, 0.15) is 17.7 Å². The van der Waals surface area contributed by atoms with Crippen molar-refractivity contribution in [3.63, 3.8) is 0 Å². The van der Waals surface area contributed by atoms with Crippen molar-refractivity contribution >= 4 is 51.0 Å². The van der Waals surface area contributed by atoms with E-state index in [9.17, 15) is 9.18 Å². The van der Waals surface area contributed by atoms with E-state index >= 15 is 0 Å². The summed E-state index contributed by atoms with van der Waals surface area (Å²) in [5.74, 6) is -0.141. The molecule has 2 N–H and O–H groups in total. The van der Waals surface area contributed by atoms with Crippen LogP contribution < -0.4 is 10.9 Å². The first-order valence-electron chi connectivity index (χ1n) is 9.65. The van der Waals surface area contributed by atoms with E-state index < -0.39 is 17.4 Å². The Bertz CT molecular complexity index is 1530. The fraction of sp³-hybridized carbons (Fsp3) is 0.0909. The predicted octanol–water partition coefficient (Wildman–Crippen LogP) is 5.28. The minimum atomic E-state index is -0.620. The van der Waals surface area contributed by atoms with Crippen LogP contribution in [0.2, 0.25) is 10.0 Å². The summed E-state index contributed by atoms with van der Waals surface area (Å²) >= 11 is 12.9. The van der Waals surface area contributed by atoms with Gasteiger partial charge in [0.25, 0.3) is 5.56 Å². The molecule has 0 aliphatic heterocycles. The monoisotopic (exact) mass is 468 g/mol. The highest BCUT2D eigenvalue weighted by molar-refractivity contribution is 6.37. The maximum absolute atomic E-state index is 14.6. The van der Waals surface area contributed by atoms with Crippen LogP contribution in [0.5, 0.6) is 0 Å². The first-order valence-corrected chi connectivity index (χ1v) is 10.4. The molecular formula is C22H15Cl2FN6O. The number of aromatic amines is 1. The van der Waals surface area contributed by atoms with Crippen molar-refractivity contribution in [2.45, 2.75) is 13.0 Å². The van der Waals surface area contributed by atoms with Crippen molar-refractivity contribution in [2.24, 2.45) is 0 Å². The fourth-order valence-electron chi connectivity index (χ4n) is 3.74. The Kier molecular flexibility index (Phi) is 5.03. The number of anilines is 1. The van der Waals surface area contributed by atoms with Gasteiger partial charge in [0.2, 0.25) is 0 Å². The molecule has 0 unspecified atom stereocenters. The van der Waals surface area contributed by atoms with E-state index in [1.807, 2.05) is 6.92 Å². The van der Waals surface area contributed by atoms with Crippen LogP contribution in [0.1, 0.15) is 18.7 Å². The van der Waals surface area contributed by atoms with E-state index in [4.69, 9.17) is 23.2 Å². The summed E-state index contributed by atoms with van der Waals surface area (Å²) in [6.07, 6.45) is 2.93. The molecule has 0 spiro atoms. The van der Waals surface area contributed by atoms with Gasteiger partial charge in [-0.05, 0) is 36.6 Å². The Hall–Kier alpha value is -3.49. The first kappa shape index (κ1) is 20.4. The number of para-hydroxylation sites is 1. The zero-order chi connectivity index (χ0) is 22.4. The Labute approximate surface area is 190 Å². The summed E-state index contributed by atoms with van der Waals surface area (Å²) in [6, 6.07) is 10.7. The average Bonchev–Trinajstić information content (AvgIpc) is 3.24. The van der Waals surface area contributed by atoms with Gasteiger partial charge in [0.05, 0.1) is 33.5 Å². The predicted molar refractivity (Wildman–Crippen MR) is 123 cm³/mol. The number of rotatable bonds is 4. The van der Waals surface area contributed by atoms with Crippen molar-refractivity contribution in [3.8, 4) is 5.69 Å². The summed E-state index contributed by atoms with van der Waals surface area (Å²) in [6.45, 7) is 1.85. The number of aromatic nitrogens is 5. The topological polar surface area (TPSA) is 88.5 Å². The number of benzene rings is 2. The number of H-pyrrole nitrogens is 1. The summed E-state index contributed by atoms with van der Waals surface area (Å²) in [5, 5.41) is 4.22. The molecule has 32 heavy (non-hydrogen) atoms.